The van der Waals surface area contributed by atoms with E-state index in [9.17, 15) is 30.0 Å². The highest BCUT2D eigenvalue weighted by Crippen LogP contribution is 2.13. The fourth-order valence-electron chi connectivity index (χ4n) is 3.22. The van der Waals surface area contributed by atoms with Crippen molar-refractivity contribution in [1.82, 2.24) is 19.7 Å². The molecule has 4 N–H and O–H groups in total. The van der Waals surface area contributed by atoms with Crippen LogP contribution in [0.25, 0.3) is 0 Å². The van der Waals surface area contributed by atoms with E-state index in [4.69, 9.17) is 0 Å². The Morgan fingerprint density at radius 2 is 1.36 bits per heavy atom. The summed E-state index contributed by atoms with van der Waals surface area (Å²) in [4.78, 5) is 32.9. The maximum atomic E-state index is 11.5. The molecule has 0 aliphatic carbocycles. The fourth-order valence-corrected chi connectivity index (χ4v) is 3.22. The lowest BCUT2D eigenvalue weighted by molar-refractivity contribution is -0.146. The molecule has 0 aromatic carbocycles. The zero-order chi connectivity index (χ0) is 20.7. The number of aliphatic carboxylic acids is 2. The van der Waals surface area contributed by atoms with Gasteiger partial charge in [0, 0.05) is 39.3 Å². The quantitative estimate of drug-likeness (QED) is 0.450. The molecule has 2 atom stereocenters. The number of hydrogen-bond acceptors (Lipinski definition) is 8. The molecule has 0 spiro atoms. The molecule has 2 bridgehead atoms. The summed E-state index contributed by atoms with van der Waals surface area (Å²) in [7, 11) is 1.86. The molecule has 2 heterocycles. The highest BCUT2D eigenvalue weighted by atomic mass is 16.4. The van der Waals surface area contributed by atoms with Gasteiger partial charge in [0.25, 0.3) is 0 Å². The monoisotopic (exact) mass is 396 g/mol. The van der Waals surface area contributed by atoms with Crippen LogP contribution in [0, 0.1) is 0 Å². The van der Waals surface area contributed by atoms with Gasteiger partial charge in [-0.05, 0) is 19.2 Å². The Hall–Kier alpha value is -2.11. The van der Waals surface area contributed by atoms with Crippen LogP contribution in [0.3, 0.4) is 0 Å². The second kappa shape index (κ2) is 10.4. The third-order valence-electron chi connectivity index (χ3n) is 4.93. The number of rotatable bonds is 6. The second-order valence-corrected chi connectivity index (χ2v) is 6.94. The normalized spacial score (nSPS) is 20.0. The summed E-state index contributed by atoms with van der Waals surface area (Å²) in [6.45, 7) is 1.39. The number of carboxylic acids is 2. The summed E-state index contributed by atoms with van der Waals surface area (Å²) in [5.41, 5.74) is 1.27. The first kappa shape index (κ1) is 22.2. The summed E-state index contributed by atoms with van der Waals surface area (Å²) < 4.78 is 0. The standard InChI is InChI=1S/C18H28N4O6/c1-20-5-7-21(15(11-23)17(25)26)9-13-3-2-4-14(19-13)10-22(8-6-20)16(12-24)18(27)28/h2-4,15-16,23-24H,5-12H2,1H3,(H,25,26)(H,27,28). The molecule has 0 radical (unpaired) electrons. The average Bonchev–Trinajstić information content (AvgIpc) is 2.64. The van der Waals surface area contributed by atoms with Crippen molar-refractivity contribution in [3.8, 4) is 0 Å². The Kier molecular flexibility index (Phi) is 8.27. The smallest absolute Gasteiger partial charge is 0.323 e. The zero-order valence-corrected chi connectivity index (χ0v) is 15.9. The van der Waals surface area contributed by atoms with Crippen molar-refractivity contribution in [3.05, 3.63) is 29.6 Å². The Morgan fingerprint density at radius 1 is 0.929 bits per heavy atom. The van der Waals surface area contributed by atoms with Crippen molar-refractivity contribution in [1.29, 1.82) is 0 Å². The van der Waals surface area contributed by atoms with Crippen molar-refractivity contribution >= 4 is 11.9 Å². The SMILES string of the molecule is CN1CCN(C(CO)C(=O)O)Cc2cccc(n2)CN(C(CO)C(=O)O)CC1. The van der Waals surface area contributed by atoms with E-state index in [2.05, 4.69) is 4.98 Å². The Bertz CT molecular complexity index is 622. The summed E-state index contributed by atoms with van der Waals surface area (Å²) in [5.74, 6) is -2.18. The van der Waals surface area contributed by atoms with Gasteiger partial charge in [-0.3, -0.25) is 24.4 Å². The third kappa shape index (κ3) is 5.94. The number of fused-ring (bicyclic) bond motifs is 2. The first-order chi connectivity index (χ1) is 13.3. The number of hydrogen-bond donors (Lipinski definition) is 4. The Labute approximate surface area is 163 Å². The van der Waals surface area contributed by atoms with Gasteiger partial charge >= 0.3 is 11.9 Å². The van der Waals surface area contributed by atoms with E-state index in [0.717, 1.165) is 0 Å². The van der Waals surface area contributed by atoms with E-state index in [1.807, 2.05) is 11.9 Å². The van der Waals surface area contributed by atoms with Crippen molar-refractivity contribution in [2.45, 2.75) is 25.2 Å². The average molecular weight is 396 g/mol. The van der Waals surface area contributed by atoms with E-state index in [-0.39, 0.29) is 13.1 Å². The van der Waals surface area contributed by atoms with Crippen molar-refractivity contribution < 1.29 is 30.0 Å². The minimum Gasteiger partial charge on any atom is -0.480 e. The minimum absolute atomic E-state index is 0.252. The number of aliphatic hydroxyl groups is 2. The van der Waals surface area contributed by atoms with Gasteiger partial charge in [0.15, 0.2) is 0 Å². The lowest BCUT2D eigenvalue weighted by Crippen LogP contribution is -2.49. The van der Waals surface area contributed by atoms with Crippen LogP contribution in [0.2, 0.25) is 0 Å². The van der Waals surface area contributed by atoms with Crippen molar-refractivity contribution in [2.24, 2.45) is 0 Å². The van der Waals surface area contributed by atoms with Gasteiger partial charge in [-0.2, -0.15) is 0 Å². The molecule has 156 valence electrons. The van der Waals surface area contributed by atoms with E-state index in [0.29, 0.717) is 37.6 Å². The van der Waals surface area contributed by atoms with E-state index < -0.39 is 37.2 Å². The second-order valence-electron chi connectivity index (χ2n) is 6.94. The molecular formula is C18H28N4O6. The van der Waals surface area contributed by atoms with E-state index in [1.54, 1.807) is 28.0 Å². The molecule has 1 aliphatic heterocycles. The molecular weight excluding hydrogens is 368 g/mol. The highest BCUT2D eigenvalue weighted by Gasteiger charge is 2.28. The molecule has 1 aromatic rings. The van der Waals surface area contributed by atoms with Crippen LogP contribution in [0.5, 0.6) is 0 Å². The molecule has 2 rings (SSSR count). The number of carbonyl (C=O) groups is 2. The molecule has 0 fully saturated rings. The Morgan fingerprint density at radius 3 is 1.71 bits per heavy atom. The van der Waals surface area contributed by atoms with Gasteiger partial charge < -0.3 is 25.3 Å². The lowest BCUT2D eigenvalue weighted by Gasteiger charge is -2.32. The first-order valence-electron chi connectivity index (χ1n) is 9.14. The predicted octanol–water partition coefficient (Wildman–Crippen LogP) is -1.48. The summed E-state index contributed by atoms with van der Waals surface area (Å²) in [5, 5.41) is 37.8. The number of aromatic nitrogens is 1. The minimum atomic E-state index is -1.09. The number of nitrogens with zero attached hydrogens (tertiary/aromatic N) is 4. The van der Waals surface area contributed by atoms with Gasteiger partial charge in [0.1, 0.15) is 12.1 Å². The third-order valence-corrected chi connectivity index (χ3v) is 4.93. The van der Waals surface area contributed by atoms with Crippen LogP contribution >= 0.6 is 0 Å². The summed E-state index contributed by atoms with van der Waals surface area (Å²) in [6.07, 6.45) is 0. The van der Waals surface area contributed by atoms with Crippen molar-refractivity contribution in [2.75, 3.05) is 46.4 Å². The van der Waals surface area contributed by atoms with Crippen LogP contribution in [0.15, 0.2) is 18.2 Å². The van der Waals surface area contributed by atoms with Crippen LogP contribution in [-0.2, 0) is 22.7 Å². The molecule has 0 saturated heterocycles. The molecule has 10 nitrogen and oxygen atoms in total. The number of carboxylic acid groups (broad SMARTS) is 2. The van der Waals surface area contributed by atoms with Gasteiger partial charge in [0.05, 0.1) is 24.6 Å². The first-order valence-corrected chi connectivity index (χ1v) is 9.14. The van der Waals surface area contributed by atoms with Crippen LogP contribution in [0.4, 0.5) is 0 Å². The maximum absolute atomic E-state index is 11.5. The van der Waals surface area contributed by atoms with Crippen LogP contribution < -0.4 is 0 Å². The van der Waals surface area contributed by atoms with Crippen molar-refractivity contribution in [3.63, 3.8) is 0 Å². The Balaban J connectivity index is 2.32. The molecule has 0 saturated carbocycles. The predicted molar refractivity (Wildman–Crippen MR) is 99.6 cm³/mol. The van der Waals surface area contributed by atoms with Gasteiger partial charge in [0.2, 0.25) is 0 Å². The molecule has 1 aliphatic rings. The van der Waals surface area contributed by atoms with Gasteiger partial charge in [-0.25, -0.2) is 0 Å². The maximum Gasteiger partial charge on any atom is 0.323 e. The summed E-state index contributed by atoms with van der Waals surface area (Å²) in [6, 6.07) is 3.28. The topological polar surface area (TPSA) is 138 Å². The fraction of sp³-hybridized carbons (Fsp3) is 0.611. The molecule has 1 aromatic heterocycles. The largest absolute Gasteiger partial charge is 0.480 e. The summed E-state index contributed by atoms with van der Waals surface area (Å²) >= 11 is 0. The van der Waals surface area contributed by atoms with Gasteiger partial charge in [-0.1, -0.05) is 6.07 Å². The molecule has 0 amide bonds. The van der Waals surface area contributed by atoms with E-state index >= 15 is 0 Å². The van der Waals surface area contributed by atoms with Crippen LogP contribution in [-0.4, -0.2) is 111 Å². The zero-order valence-electron chi connectivity index (χ0n) is 15.9. The lowest BCUT2D eigenvalue weighted by atomic mass is 10.2. The molecule has 2 unspecified atom stereocenters. The number of pyridine rings is 1. The molecule has 10 heteroatoms. The molecule has 28 heavy (non-hydrogen) atoms. The van der Waals surface area contributed by atoms with Crippen LogP contribution in [0.1, 0.15) is 11.4 Å². The van der Waals surface area contributed by atoms with E-state index in [1.165, 1.54) is 0 Å². The number of likely N-dealkylation sites (N-methyl/N-ethyl adjacent to an activating group) is 1. The van der Waals surface area contributed by atoms with Gasteiger partial charge in [-0.15, -0.1) is 0 Å². The highest BCUT2D eigenvalue weighted by molar-refractivity contribution is 5.74. The number of aliphatic hydroxyl groups excluding tert-OH is 2.